The highest BCUT2D eigenvalue weighted by Crippen LogP contribution is 2.39. The lowest BCUT2D eigenvalue weighted by Crippen LogP contribution is -2.31. The summed E-state index contributed by atoms with van der Waals surface area (Å²) in [6.07, 6.45) is 12.0. The van der Waals surface area contributed by atoms with Gasteiger partial charge in [0, 0.05) is 4.88 Å². The standard InChI is InChI=1S/C18H30N2S/c1-3-12-19-17(14-10-8-13(2)9-11-14)18-20-15-6-4-5-7-16(15)21-18/h13-14,17,19H,3-12H2,1-2H3. The molecule has 2 aliphatic carbocycles. The molecule has 2 nitrogen and oxygen atoms in total. The first-order valence-corrected chi connectivity index (χ1v) is 9.81. The van der Waals surface area contributed by atoms with Gasteiger partial charge in [0.1, 0.15) is 5.01 Å². The van der Waals surface area contributed by atoms with E-state index in [-0.39, 0.29) is 0 Å². The first-order chi connectivity index (χ1) is 10.3. The number of hydrogen-bond donors (Lipinski definition) is 1. The van der Waals surface area contributed by atoms with E-state index in [4.69, 9.17) is 4.98 Å². The molecule has 2 aliphatic rings. The second kappa shape index (κ2) is 7.23. The number of aromatic nitrogens is 1. The van der Waals surface area contributed by atoms with Gasteiger partial charge in [0.2, 0.25) is 0 Å². The molecule has 3 heteroatoms. The number of rotatable bonds is 5. The molecule has 1 atom stereocenters. The van der Waals surface area contributed by atoms with Crippen LogP contribution in [0.2, 0.25) is 0 Å². The van der Waals surface area contributed by atoms with E-state index in [0.29, 0.717) is 6.04 Å². The Kier molecular flexibility index (Phi) is 5.33. The minimum Gasteiger partial charge on any atom is -0.308 e. The van der Waals surface area contributed by atoms with Crippen molar-refractivity contribution in [2.24, 2.45) is 11.8 Å². The zero-order chi connectivity index (χ0) is 14.7. The normalized spacial score (nSPS) is 27.3. The molecule has 0 spiro atoms. The van der Waals surface area contributed by atoms with E-state index in [1.54, 1.807) is 4.88 Å². The molecule has 0 amide bonds. The van der Waals surface area contributed by atoms with E-state index in [1.165, 1.54) is 68.5 Å². The van der Waals surface area contributed by atoms with Crippen molar-refractivity contribution in [3.05, 3.63) is 15.6 Å². The first-order valence-electron chi connectivity index (χ1n) is 8.99. The molecule has 0 saturated heterocycles. The maximum atomic E-state index is 5.05. The monoisotopic (exact) mass is 306 g/mol. The molecule has 1 unspecified atom stereocenters. The second-order valence-electron chi connectivity index (χ2n) is 7.08. The number of fused-ring (bicyclic) bond motifs is 1. The van der Waals surface area contributed by atoms with E-state index in [0.717, 1.165) is 18.4 Å². The lowest BCUT2D eigenvalue weighted by atomic mass is 9.79. The maximum Gasteiger partial charge on any atom is 0.110 e. The molecular weight excluding hydrogens is 276 g/mol. The van der Waals surface area contributed by atoms with Crippen LogP contribution >= 0.6 is 11.3 Å². The third kappa shape index (κ3) is 3.68. The van der Waals surface area contributed by atoms with Crippen molar-refractivity contribution >= 4 is 11.3 Å². The molecular formula is C18H30N2S. The van der Waals surface area contributed by atoms with E-state index >= 15 is 0 Å². The van der Waals surface area contributed by atoms with E-state index in [9.17, 15) is 0 Å². The van der Waals surface area contributed by atoms with Crippen molar-refractivity contribution in [3.63, 3.8) is 0 Å². The minimum absolute atomic E-state index is 0.521. The van der Waals surface area contributed by atoms with Gasteiger partial charge in [-0.2, -0.15) is 0 Å². The van der Waals surface area contributed by atoms with Crippen molar-refractivity contribution in [1.82, 2.24) is 10.3 Å². The Morgan fingerprint density at radius 1 is 1.19 bits per heavy atom. The summed E-state index contributed by atoms with van der Waals surface area (Å²) < 4.78 is 0. The first kappa shape index (κ1) is 15.5. The fourth-order valence-corrected chi connectivity index (χ4v) is 5.20. The Labute approximate surface area is 133 Å². The van der Waals surface area contributed by atoms with Crippen LogP contribution in [0.15, 0.2) is 0 Å². The Bertz CT molecular complexity index is 423. The van der Waals surface area contributed by atoms with Gasteiger partial charge < -0.3 is 5.32 Å². The molecule has 0 bridgehead atoms. The summed E-state index contributed by atoms with van der Waals surface area (Å²) in [5, 5.41) is 5.23. The van der Waals surface area contributed by atoms with Crippen LogP contribution in [-0.4, -0.2) is 11.5 Å². The molecule has 1 N–H and O–H groups in total. The van der Waals surface area contributed by atoms with Gasteiger partial charge in [0.05, 0.1) is 11.7 Å². The van der Waals surface area contributed by atoms with Crippen LogP contribution in [-0.2, 0) is 12.8 Å². The molecule has 0 radical (unpaired) electrons. The Morgan fingerprint density at radius 3 is 2.67 bits per heavy atom. The number of aryl methyl sites for hydroxylation is 2. The topological polar surface area (TPSA) is 24.9 Å². The van der Waals surface area contributed by atoms with Gasteiger partial charge in [-0.25, -0.2) is 4.98 Å². The van der Waals surface area contributed by atoms with E-state index in [1.807, 2.05) is 11.3 Å². The van der Waals surface area contributed by atoms with Crippen LogP contribution in [0.25, 0.3) is 0 Å². The van der Waals surface area contributed by atoms with E-state index in [2.05, 4.69) is 19.2 Å². The number of nitrogens with one attached hydrogen (secondary N) is 1. The SMILES string of the molecule is CCCNC(c1nc2c(s1)CCCC2)C1CCC(C)CC1. The average molecular weight is 307 g/mol. The van der Waals surface area contributed by atoms with Crippen LogP contribution in [0.3, 0.4) is 0 Å². The molecule has 1 heterocycles. The highest BCUT2D eigenvalue weighted by atomic mass is 32.1. The Morgan fingerprint density at radius 2 is 1.95 bits per heavy atom. The molecule has 1 aromatic rings. The van der Waals surface area contributed by atoms with Crippen LogP contribution in [0, 0.1) is 11.8 Å². The molecule has 1 fully saturated rings. The molecule has 3 rings (SSSR count). The molecule has 1 aromatic heterocycles. The number of hydrogen-bond acceptors (Lipinski definition) is 3. The molecule has 0 aromatic carbocycles. The van der Waals surface area contributed by atoms with Gasteiger partial charge in [0.25, 0.3) is 0 Å². The molecule has 0 aliphatic heterocycles. The summed E-state index contributed by atoms with van der Waals surface area (Å²) in [4.78, 5) is 6.64. The van der Waals surface area contributed by atoms with Gasteiger partial charge in [-0.15, -0.1) is 11.3 Å². The minimum atomic E-state index is 0.521. The summed E-state index contributed by atoms with van der Waals surface area (Å²) >= 11 is 2.01. The van der Waals surface area contributed by atoms with Crippen LogP contribution < -0.4 is 5.32 Å². The Hall–Kier alpha value is -0.410. The molecule has 118 valence electrons. The van der Waals surface area contributed by atoms with Gasteiger partial charge in [-0.3, -0.25) is 0 Å². The maximum absolute atomic E-state index is 5.05. The average Bonchev–Trinajstić information content (AvgIpc) is 2.93. The number of nitrogens with zero attached hydrogens (tertiary/aromatic N) is 1. The lowest BCUT2D eigenvalue weighted by Gasteiger charge is -2.32. The van der Waals surface area contributed by atoms with Crippen molar-refractivity contribution < 1.29 is 0 Å². The summed E-state index contributed by atoms with van der Waals surface area (Å²) in [6, 6.07) is 0.521. The highest BCUT2D eigenvalue weighted by Gasteiger charge is 2.30. The van der Waals surface area contributed by atoms with Crippen LogP contribution in [0.1, 0.15) is 80.4 Å². The van der Waals surface area contributed by atoms with E-state index < -0.39 is 0 Å². The third-order valence-corrected chi connectivity index (χ3v) is 6.51. The predicted octanol–water partition coefficient (Wildman–Crippen LogP) is 4.89. The van der Waals surface area contributed by atoms with Gasteiger partial charge in [-0.05, 0) is 63.3 Å². The fourth-order valence-electron chi connectivity index (χ4n) is 3.88. The van der Waals surface area contributed by atoms with Crippen molar-refractivity contribution in [3.8, 4) is 0 Å². The lowest BCUT2D eigenvalue weighted by molar-refractivity contribution is 0.231. The summed E-state index contributed by atoms with van der Waals surface area (Å²) in [5.41, 5.74) is 1.42. The second-order valence-corrected chi connectivity index (χ2v) is 8.20. The molecule has 21 heavy (non-hydrogen) atoms. The zero-order valence-corrected chi connectivity index (χ0v) is 14.5. The zero-order valence-electron chi connectivity index (χ0n) is 13.7. The van der Waals surface area contributed by atoms with Crippen molar-refractivity contribution in [2.75, 3.05) is 6.54 Å². The predicted molar refractivity (Wildman–Crippen MR) is 90.9 cm³/mol. The third-order valence-electron chi connectivity index (χ3n) is 5.27. The molecule has 1 saturated carbocycles. The highest BCUT2D eigenvalue weighted by molar-refractivity contribution is 7.11. The van der Waals surface area contributed by atoms with Gasteiger partial charge in [-0.1, -0.05) is 26.7 Å². The van der Waals surface area contributed by atoms with Crippen molar-refractivity contribution in [1.29, 1.82) is 0 Å². The summed E-state index contributed by atoms with van der Waals surface area (Å²) in [7, 11) is 0. The van der Waals surface area contributed by atoms with Gasteiger partial charge >= 0.3 is 0 Å². The number of thiazole rings is 1. The van der Waals surface area contributed by atoms with Gasteiger partial charge in [0.15, 0.2) is 0 Å². The quantitative estimate of drug-likeness (QED) is 0.838. The largest absolute Gasteiger partial charge is 0.308 e. The van der Waals surface area contributed by atoms with Crippen molar-refractivity contribution in [2.45, 2.75) is 77.7 Å². The summed E-state index contributed by atoms with van der Waals surface area (Å²) in [5.74, 6) is 1.73. The Balaban J connectivity index is 1.76. The fraction of sp³-hybridized carbons (Fsp3) is 0.833. The summed E-state index contributed by atoms with van der Waals surface area (Å²) in [6.45, 7) is 5.80. The van der Waals surface area contributed by atoms with Crippen LogP contribution in [0.4, 0.5) is 0 Å². The van der Waals surface area contributed by atoms with Crippen LogP contribution in [0.5, 0.6) is 0 Å². The smallest absolute Gasteiger partial charge is 0.110 e.